The van der Waals surface area contributed by atoms with Gasteiger partial charge in [0.05, 0.1) is 11.0 Å². The van der Waals surface area contributed by atoms with Crippen molar-refractivity contribution in [1.82, 2.24) is 0 Å². The molecule has 4 saturated carbocycles. The molecule has 4 aliphatic rings. The molecule has 1 aromatic rings. The van der Waals surface area contributed by atoms with Crippen LogP contribution in [0.2, 0.25) is 0 Å². The van der Waals surface area contributed by atoms with E-state index in [1.807, 2.05) is 20.8 Å². The average molecular weight is 613 g/mol. The number of fused-ring (bicyclic) bond motifs is 4. The van der Waals surface area contributed by atoms with E-state index in [1.54, 1.807) is 37.3 Å². The largest absolute Gasteiger partial charge is 0.465 e. The van der Waals surface area contributed by atoms with Gasteiger partial charge < -0.3 is 24.1 Å². The van der Waals surface area contributed by atoms with E-state index in [2.05, 4.69) is 0 Å². The van der Waals surface area contributed by atoms with Crippen molar-refractivity contribution in [2.75, 3.05) is 6.61 Å². The number of aliphatic hydroxyl groups is 1. The van der Waals surface area contributed by atoms with E-state index in [1.165, 1.54) is 20.8 Å². The van der Waals surface area contributed by atoms with E-state index < -0.39 is 75.7 Å². The summed E-state index contributed by atoms with van der Waals surface area (Å²) in [5.74, 6) is -5.62. The molecule has 1 N–H and O–H groups in total. The molecule has 0 saturated heterocycles. The normalized spacial score (nSPS) is 39.9. The maximum Gasteiger partial charge on any atom is 0.338 e. The number of carbonyl (C=O) groups is 5. The van der Waals surface area contributed by atoms with Crippen LogP contribution in [-0.2, 0) is 38.1 Å². The molecular formula is C34H44O10. The molecule has 4 aliphatic carbocycles. The molecule has 10 atom stereocenters. The highest BCUT2D eigenvalue weighted by Gasteiger charge is 2.82. The van der Waals surface area contributed by atoms with Crippen LogP contribution in [0.4, 0.5) is 0 Å². The molecule has 0 bridgehead atoms. The number of ketones is 1. The van der Waals surface area contributed by atoms with E-state index in [0.29, 0.717) is 12.8 Å². The van der Waals surface area contributed by atoms with Gasteiger partial charge in [-0.1, -0.05) is 45.9 Å². The SMILES string of the molecule is CCC(=O)O[C@@H]1C[C@H]2[C@@H]([C@@H]3[C@]1(COC(C)=O)[C@H](OC(=O)c1ccccc1)[C@H]1C[C@@H](C)C[C@]1(O)C(=O)[C@@]3(C)OC(C)=O)C2(C)C. The van der Waals surface area contributed by atoms with Crippen molar-refractivity contribution in [2.45, 2.75) is 97.6 Å². The van der Waals surface area contributed by atoms with Crippen LogP contribution in [0.15, 0.2) is 30.3 Å². The first kappa shape index (κ1) is 32.1. The Balaban J connectivity index is 1.84. The van der Waals surface area contributed by atoms with Gasteiger partial charge in [0, 0.05) is 32.1 Å². The van der Waals surface area contributed by atoms with Crippen LogP contribution in [0.5, 0.6) is 0 Å². The summed E-state index contributed by atoms with van der Waals surface area (Å²) in [6, 6.07) is 8.35. The molecule has 0 amide bonds. The molecule has 1 aromatic carbocycles. The van der Waals surface area contributed by atoms with Gasteiger partial charge in [0.25, 0.3) is 0 Å². The van der Waals surface area contributed by atoms with Crippen molar-refractivity contribution in [2.24, 2.45) is 40.4 Å². The Labute approximate surface area is 258 Å². The van der Waals surface area contributed by atoms with Crippen molar-refractivity contribution < 1.29 is 48.0 Å². The zero-order valence-electron chi connectivity index (χ0n) is 26.6. The number of rotatable bonds is 7. The van der Waals surface area contributed by atoms with Crippen LogP contribution in [0, 0.1) is 40.4 Å². The predicted octanol–water partition coefficient (Wildman–Crippen LogP) is 4.06. The lowest BCUT2D eigenvalue weighted by Crippen LogP contribution is -2.66. The summed E-state index contributed by atoms with van der Waals surface area (Å²) in [6.45, 7) is 11.2. The molecule has 44 heavy (non-hydrogen) atoms. The standard InChI is InChI=1S/C34H44O10/c1-8-25(37)42-24-15-22-26(31(22,5)6)27-32(7,44-20(4)36)30(39)34(40)16-18(2)14-23(34)28(33(24,27)17-41-19(3)35)43-29(38)21-12-10-9-11-13-21/h9-13,18,22-24,26-28,40H,8,14-17H2,1-7H3/t18-,22+,23-,24-,26+,27+,28-,32+,33-,34-/m1/s1. The highest BCUT2D eigenvalue weighted by atomic mass is 16.6. The summed E-state index contributed by atoms with van der Waals surface area (Å²) in [4.78, 5) is 67.1. The summed E-state index contributed by atoms with van der Waals surface area (Å²) in [5, 5.41) is 12.5. The minimum absolute atomic E-state index is 0.0488. The van der Waals surface area contributed by atoms with Crippen molar-refractivity contribution in [3.05, 3.63) is 35.9 Å². The third kappa shape index (κ3) is 4.84. The number of benzene rings is 1. The fraction of sp³-hybridized carbons (Fsp3) is 0.676. The number of hydrogen-bond donors (Lipinski definition) is 1. The van der Waals surface area contributed by atoms with Gasteiger partial charge in [-0.15, -0.1) is 0 Å². The van der Waals surface area contributed by atoms with Gasteiger partial charge in [0.1, 0.15) is 24.4 Å². The first-order valence-corrected chi connectivity index (χ1v) is 15.6. The molecule has 5 rings (SSSR count). The molecule has 240 valence electrons. The minimum atomic E-state index is -2.04. The van der Waals surface area contributed by atoms with Crippen molar-refractivity contribution in [3.63, 3.8) is 0 Å². The number of carbonyl (C=O) groups excluding carboxylic acids is 5. The van der Waals surface area contributed by atoms with Crippen molar-refractivity contribution >= 4 is 29.7 Å². The van der Waals surface area contributed by atoms with Crippen LogP contribution in [0.25, 0.3) is 0 Å². The smallest absolute Gasteiger partial charge is 0.338 e. The van der Waals surface area contributed by atoms with Gasteiger partial charge in [-0.05, 0) is 61.5 Å². The van der Waals surface area contributed by atoms with Gasteiger partial charge in [-0.25, -0.2) is 4.79 Å². The lowest BCUT2D eigenvalue weighted by atomic mass is 9.55. The highest BCUT2D eigenvalue weighted by Crippen LogP contribution is 2.76. The number of hydrogen-bond acceptors (Lipinski definition) is 10. The summed E-state index contributed by atoms with van der Waals surface area (Å²) in [5.41, 5.74) is -5.66. The maximum absolute atomic E-state index is 14.9. The number of Topliss-reactive ketones (excluding diaryl/α,β-unsaturated/α-hetero) is 1. The van der Waals surface area contributed by atoms with Crippen LogP contribution >= 0.6 is 0 Å². The first-order chi connectivity index (χ1) is 20.5. The Morgan fingerprint density at radius 2 is 1.61 bits per heavy atom. The Morgan fingerprint density at radius 1 is 0.955 bits per heavy atom. The molecule has 0 radical (unpaired) electrons. The molecular weight excluding hydrogens is 568 g/mol. The summed E-state index contributed by atoms with van der Waals surface area (Å²) in [7, 11) is 0. The zero-order chi connectivity index (χ0) is 32.4. The van der Waals surface area contributed by atoms with Gasteiger partial charge in [-0.3, -0.25) is 19.2 Å². The molecule has 10 heteroatoms. The second-order valence-corrected chi connectivity index (χ2v) is 14.2. The molecule has 0 heterocycles. The Morgan fingerprint density at radius 3 is 2.20 bits per heavy atom. The minimum Gasteiger partial charge on any atom is -0.465 e. The lowest BCUT2D eigenvalue weighted by molar-refractivity contribution is -0.228. The quantitative estimate of drug-likeness (QED) is 0.354. The fourth-order valence-electron chi connectivity index (χ4n) is 9.32. The topological polar surface area (TPSA) is 143 Å². The molecule has 0 spiro atoms. The monoisotopic (exact) mass is 612 g/mol. The second-order valence-electron chi connectivity index (χ2n) is 14.2. The maximum atomic E-state index is 14.9. The zero-order valence-corrected chi connectivity index (χ0v) is 26.6. The van der Waals surface area contributed by atoms with Gasteiger partial charge in [0.2, 0.25) is 5.78 Å². The third-order valence-corrected chi connectivity index (χ3v) is 11.1. The Hall–Kier alpha value is -3.27. The van der Waals surface area contributed by atoms with E-state index in [-0.39, 0.29) is 42.8 Å². The summed E-state index contributed by atoms with van der Waals surface area (Å²) >= 11 is 0. The van der Waals surface area contributed by atoms with Crippen LogP contribution < -0.4 is 0 Å². The third-order valence-electron chi connectivity index (χ3n) is 11.1. The van der Waals surface area contributed by atoms with E-state index in [4.69, 9.17) is 18.9 Å². The van der Waals surface area contributed by atoms with E-state index >= 15 is 0 Å². The van der Waals surface area contributed by atoms with Crippen molar-refractivity contribution in [3.8, 4) is 0 Å². The number of ether oxygens (including phenoxy) is 4. The Kier molecular flexibility index (Phi) is 8.01. The van der Waals surface area contributed by atoms with Crippen molar-refractivity contribution in [1.29, 1.82) is 0 Å². The van der Waals surface area contributed by atoms with Gasteiger partial charge in [0.15, 0.2) is 5.60 Å². The van der Waals surface area contributed by atoms with Crippen LogP contribution in [-0.4, -0.2) is 64.8 Å². The molecule has 10 nitrogen and oxygen atoms in total. The molecule has 0 aromatic heterocycles. The Bertz CT molecular complexity index is 1350. The van der Waals surface area contributed by atoms with Crippen LogP contribution in [0.1, 0.15) is 84.5 Å². The lowest BCUT2D eigenvalue weighted by Gasteiger charge is -2.54. The van der Waals surface area contributed by atoms with Gasteiger partial charge >= 0.3 is 23.9 Å². The van der Waals surface area contributed by atoms with E-state index in [0.717, 1.165) is 0 Å². The fourth-order valence-corrected chi connectivity index (χ4v) is 9.32. The summed E-state index contributed by atoms with van der Waals surface area (Å²) in [6.07, 6.45) is -1.47. The number of esters is 4. The second kappa shape index (κ2) is 11.0. The first-order valence-electron chi connectivity index (χ1n) is 15.6. The molecule has 0 unspecified atom stereocenters. The van der Waals surface area contributed by atoms with E-state index in [9.17, 15) is 29.1 Å². The predicted molar refractivity (Wildman–Crippen MR) is 156 cm³/mol. The molecule has 0 aliphatic heterocycles. The highest BCUT2D eigenvalue weighted by molar-refractivity contribution is 5.98. The molecule has 4 fully saturated rings. The van der Waals surface area contributed by atoms with Gasteiger partial charge in [-0.2, -0.15) is 0 Å². The summed E-state index contributed by atoms with van der Waals surface area (Å²) < 4.78 is 24.4. The van der Waals surface area contributed by atoms with Crippen LogP contribution in [0.3, 0.4) is 0 Å². The average Bonchev–Trinajstić information content (AvgIpc) is 3.35.